The van der Waals surface area contributed by atoms with E-state index in [1.807, 2.05) is 42.5 Å². The van der Waals surface area contributed by atoms with Crippen molar-refractivity contribution in [3.63, 3.8) is 0 Å². The van der Waals surface area contributed by atoms with Crippen molar-refractivity contribution >= 4 is 17.5 Å². The molecule has 146 valence electrons. The number of carbonyl (C=O) groups is 2. The lowest BCUT2D eigenvalue weighted by atomic mass is 9.99. The number of ether oxygens (including phenoxy) is 1. The molecule has 2 aromatic carbocycles. The fourth-order valence-corrected chi connectivity index (χ4v) is 3.73. The molecular formula is C22H25N3O3. The third-order valence-corrected chi connectivity index (χ3v) is 5.31. The molecule has 2 N–H and O–H groups in total. The van der Waals surface area contributed by atoms with Crippen molar-refractivity contribution in [3.8, 4) is 0 Å². The van der Waals surface area contributed by atoms with Crippen molar-refractivity contribution in [1.29, 1.82) is 0 Å². The van der Waals surface area contributed by atoms with Crippen LogP contribution in [0.5, 0.6) is 0 Å². The van der Waals surface area contributed by atoms with Gasteiger partial charge in [0.25, 0.3) is 5.91 Å². The van der Waals surface area contributed by atoms with Crippen LogP contribution in [0.2, 0.25) is 0 Å². The molecule has 1 atom stereocenters. The van der Waals surface area contributed by atoms with Crippen molar-refractivity contribution in [2.24, 2.45) is 0 Å². The van der Waals surface area contributed by atoms with E-state index in [1.165, 1.54) is 0 Å². The molecular weight excluding hydrogens is 354 g/mol. The highest BCUT2D eigenvalue weighted by Gasteiger charge is 2.22. The molecule has 2 aromatic rings. The van der Waals surface area contributed by atoms with Crippen LogP contribution in [0.25, 0.3) is 0 Å². The predicted molar refractivity (Wildman–Crippen MR) is 107 cm³/mol. The lowest BCUT2D eigenvalue weighted by Crippen LogP contribution is -2.43. The summed E-state index contributed by atoms with van der Waals surface area (Å²) in [7, 11) is 0. The molecule has 2 aliphatic heterocycles. The summed E-state index contributed by atoms with van der Waals surface area (Å²) in [4.78, 5) is 26.8. The molecule has 1 fully saturated rings. The van der Waals surface area contributed by atoms with E-state index < -0.39 is 0 Å². The van der Waals surface area contributed by atoms with Gasteiger partial charge in [-0.15, -0.1) is 0 Å². The maximum Gasteiger partial charge on any atom is 0.251 e. The zero-order valence-electron chi connectivity index (χ0n) is 15.8. The quantitative estimate of drug-likeness (QED) is 0.837. The zero-order valence-corrected chi connectivity index (χ0v) is 15.8. The normalized spacial score (nSPS) is 18.1. The number of aryl methyl sites for hydroxylation is 1. The third kappa shape index (κ3) is 4.40. The summed E-state index contributed by atoms with van der Waals surface area (Å²) in [6, 6.07) is 15.5. The fraction of sp³-hybridized carbons (Fsp3) is 0.364. The van der Waals surface area contributed by atoms with Gasteiger partial charge in [-0.3, -0.25) is 14.5 Å². The van der Waals surface area contributed by atoms with Crippen LogP contribution >= 0.6 is 0 Å². The van der Waals surface area contributed by atoms with Gasteiger partial charge in [-0.25, -0.2) is 0 Å². The van der Waals surface area contributed by atoms with Crippen LogP contribution in [0.1, 0.15) is 33.9 Å². The second kappa shape index (κ2) is 8.54. The summed E-state index contributed by atoms with van der Waals surface area (Å²) >= 11 is 0. The van der Waals surface area contributed by atoms with E-state index >= 15 is 0 Å². The van der Waals surface area contributed by atoms with E-state index in [1.54, 1.807) is 6.07 Å². The van der Waals surface area contributed by atoms with Crippen LogP contribution in [0, 0.1) is 0 Å². The molecule has 4 rings (SSSR count). The maximum atomic E-state index is 13.0. The number of hydrogen-bond donors (Lipinski definition) is 2. The summed E-state index contributed by atoms with van der Waals surface area (Å²) in [5, 5.41) is 6.06. The highest BCUT2D eigenvalue weighted by Crippen LogP contribution is 2.24. The molecule has 6 heteroatoms. The Bertz CT molecular complexity index is 847. The SMILES string of the molecule is O=C1CCc2cc(C(=O)N[C@@H](CN3CCOCC3)c3ccccc3)ccc2N1. The molecule has 0 unspecified atom stereocenters. The number of hydrogen-bond acceptors (Lipinski definition) is 4. The third-order valence-electron chi connectivity index (χ3n) is 5.31. The molecule has 0 aromatic heterocycles. The Hall–Kier alpha value is -2.70. The number of morpholine rings is 1. The average Bonchev–Trinajstić information content (AvgIpc) is 2.74. The van der Waals surface area contributed by atoms with Crippen LogP contribution in [-0.2, 0) is 16.0 Å². The Morgan fingerprint density at radius 3 is 2.68 bits per heavy atom. The standard InChI is InChI=1S/C22H25N3O3/c26-21-9-7-17-14-18(6-8-19(17)23-21)22(27)24-20(16-4-2-1-3-5-16)15-25-10-12-28-13-11-25/h1-6,8,14,20H,7,9-13,15H2,(H,23,26)(H,24,27)/t20-/m0/s1. The highest BCUT2D eigenvalue weighted by atomic mass is 16.5. The summed E-state index contributed by atoms with van der Waals surface area (Å²) in [5.74, 6) is -0.0684. The predicted octanol–water partition coefficient (Wildman–Crippen LogP) is 2.37. The summed E-state index contributed by atoms with van der Waals surface area (Å²) in [6.45, 7) is 3.95. The minimum Gasteiger partial charge on any atom is -0.379 e. The van der Waals surface area contributed by atoms with Crippen molar-refractivity contribution in [3.05, 3.63) is 65.2 Å². The number of fused-ring (bicyclic) bond motifs is 1. The maximum absolute atomic E-state index is 13.0. The molecule has 2 amide bonds. The van der Waals surface area contributed by atoms with E-state index in [0.717, 1.165) is 49.7 Å². The number of anilines is 1. The molecule has 2 aliphatic rings. The fourth-order valence-electron chi connectivity index (χ4n) is 3.73. The summed E-state index contributed by atoms with van der Waals surface area (Å²) < 4.78 is 5.44. The number of carbonyl (C=O) groups excluding carboxylic acids is 2. The van der Waals surface area contributed by atoms with Crippen LogP contribution in [0.15, 0.2) is 48.5 Å². The minimum absolute atomic E-state index is 0.0272. The number of amides is 2. The van der Waals surface area contributed by atoms with Gasteiger partial charge in [0, 0.05) is 37.3 Å². The molecule has 0 bridgehead atoms. The summed E-state index contributed by atoms with van der Waals surface area (Å²) in [5.41, 5.74) is 3.53. The van der Waals surface area contributed by atoms with E-state index in [-0.39, 0.29) is 17.9 Å². The van der Waals surface area contributed by atoms with E-state index in [9.17, 15) is 9.59 Å². The number of nitrogens with zero attached hydrogens (tertiary/aromatic N) is 1. The summed E-state index contributed by atoms with van der Waals surface area (Å²) in [6.07, 6.45) is 1.12. The second-order valence-corrected chi connectivity index (χ2v) is 7.27. The zero-order chi connectivity index (χ0) is 19.3. The van der Waals surface area contributed by atoms with Gasteiger partial charge >= 0.3 is 0 Å². The van der Waals surface area contributed by atoms with Gasteiger partial charge in [-0.05, 0) is 35.7 Å². The van der Waals surface area contributed by atoms with Gasteiger partial charge in [0.05, 0.1) is 19.3 Å². The second-order valence-electron chi connectivity index (χ2n) is 7.27. The molecule has 0 spiro atoms. The monoisotopic (exact) mass is 379 g/mol. The lowest BCUT2D eigenvalue weighted by Gasteiger charge is -2.31. The Kier molecular flexibility index (Phi) is 5.69. The van der Waals surface area contributed by atoms with Crippen LogP contribution in [-0.4, -0.2) is 49.6 Å². The topological polar surface area (TPSA) is 70.7 Å². The molecule has 0 aliphatic carbocycles. The Morgan fingerprint density at radius 1 is 1.11 bits per heavy atom. The first-order valence-corrected chi connectivity index (χ1v) is 9.78. The first-order chi connectivity index (χ1) is 13.7. The molecule has 2 heterocycles. The molecule has 1 saturated heterocycles. The Balaban J connectivity index is 1.51. The van der Waals surface area contributed by atoms with Crippen LogP contribution in [0.4, 0.5) is 5.69 Å². The van der Waals surface area contributed by atoms with Crippen molar-refractivity contribution in [1.82, 2.24) is 10.2 Å². The van der Waals surface area contributed by atoms with E-state index in [4.69, 9.17) is 4.74 Å². The van der Waals surface area contributed by atoms with Gasteiger partial charge in [-0.1, -0.05) is 30.3 Å². The molecule has 28 heavy (non-hydrogen) atoms. The van der Waals surface area contributed by atoms with E-state index in [2.05, 4.69) is 15.5 Å². The molecule has 6 nitrogen and oxygen atoms in total. The van der Waals surface area contributed by atoms with Gasteiger partial charge in [0.15, 0.2) is 0 Å². The first kappa shape index (κ1) is 18.7. The van der Waals surface area contributed by atoms with Gasteiger partial charge < -0.3 is 15.4 Å². The average molecular weight is 379 g/mol. The van der Waals surface area contributed by atoms with Crippen molar-refractivity contribution in [2.75, 3.05) is 38.2 Å². The number of benzene rings is 2. The number of nitrogens with one attached hydrogen (secondary N) is 2. The van der Waals surface area contributed by atoms with Crippen molar-refractivity contribution in [2.45, 2.75) is 18.9 Å². The van der Waals surface area contributed by atoms with Gasteiger partial charge in [0.1, 0.15) is 0 Å². The highest BCUT2D eigenvalue weighted by molar-refractivity contribution is 5.98. The Labute approximate surface area is 164 Å². The lowest BCUT2D eigenvalue weighted by molar-refractivity contribution is -0.116. The van der Waals surface area contributed by atoms with Crippen LogP contribution in [0.3, 0.4) is 0 Å². The van der Waals surface area contributed by atoms with Crippen LogP contribution < -0.4 is 10.6 Å². The van der Waals surface area contributed by atoms with Crippen molar-refractivity contribution < 1.29 is 14.3 Å². The van der Waals surface area contributed by atoms with Gasteiger partial charge in [0.2, 0.25) is 5.91 Å². The molecule has 0 saturated carbocycles. The first-order valence-electron chi connectivity index (χ1n) is 9.78. The largest absolute Gasteiger partial charge is 0.379 e. The Morgan fingerprint density at radius 2 is 1.89 bits per heavy atom. The van der Waals surface area contributed by atoms with E-state index in [0.29, 0.717) is 18.4 Å². The number of rotatable bonds is 5. The molecule has 0 radical (unpaired) electrons. The minimum atomic E-state index is -0.0955. The smallest absolute Gasteiger partial charge is 0.251 e. The van der Waals surface area contributed by atoms with Gasteiger partial charge in [-0.2, -0.15) is 0 Å².